The average molecular weight is 295 g/mol. The third kappa shape index (κ3) is 2.77. The lowest BCUT2D eigenvalue weighted by molar-refractivity contribution is 0.112. The molecule has 0 fully saturated rings. The molecule has 0 amide bonds. The van der Waals surface area contributed by atoms with Crippen LogP contribution in [-0.4, -0.2) is 22.6 Å². The second kappa shape index (κ2) is 6.75. The summed E-state index contributed by atoms with van der Waals surface area (Å²) in [5.74, 6) is 0. The molecule has 0 unspecified atom stereocenters. The number of benzene rings is 2. The number of carbonyl (C=O) groups is 1. The number of aromatic nitrogens is 1. The van der Waals surface area contributed by atoms with E-state index in [1.54, 1.807) is 0 Å². The van der Waals surface area contributed by atoms with E-state index in [2.05, 4.69) is 22.8 Å². The molecule has 22 heavy (non-hydrogen) atoms. The lowest BCUT2D eigenvalue weighted by Gasteiger charge is -2.07. The largest absolute Gasteiger partial charge is 0.396 e. The van der Waals surface area contributed by atoms with Gasteiger partial charge in [-0.25, -0.2) is 0 Å². The van der Waals surface area contributed by atoms with Gasteiger partial charge in [-0.1, -0.05) is 31.0 Å². The molecule has 0 spiro atoms. The van der Waals surface area contributed by atoms with E-state index >= 15 is 0 Å². The van der Waals surface area contributed by atoms with Crippen molar-refractivity contribution >= 4 is 28.1 Å². The first-order chi connectivity index (χ1) is 10.8. The topological polar surface area (TPSA) is 42.2 Å². The van der Waals surface area contributed by atoms with E-state index in [9.17, 15) is 4.79 Å². The summed E-state index contributed by atoms with van der Waals surface area (Å²) < 4.78 is 2.35. The van der Waals surface area contributed by atoms with Crippen LogP contribution in [0.5, 0.6) is 0 Å². The summed E-state index contributed by atoms with van der Waals surface area (Å²) >= 11 is 0. The molecule has 0 atom stereocenters. The number of aldehydes is 1. The Hall–Kier alpha value is -2.13. The van der Waals surface area contributed by atoms with Crippen LogP contribution in [0.2, 0.25) is 0 Å². The summed E-state index contributed by atoms with van der Waals surface area (Å²) in [6.45, 7) is 1.25. The number of carbonyl (C=O) groups excluding carboxylic acids is 1. The first kappa shape index (κ1) is 14.8. The van der Waals surface area contributed by atoms with E-state index in [0.29, 0.717) is 0 Å². The Kier molecular flexibility index (Phi) is 4.54. The Morgan fingerprint density at radius 2 is 1.68 bits per heavy atom. The Morgan fingerprint density at radius 1 is 0.909 bits per heavy atom. The van der Waals surface area contributed by atoms with Gasteiger partial charge in [0.1, 0.15) is 6.29 Å². The van der Waals surface area contributed by atoms with Crippen LogP contribution in [-0.2, 0) is 6.54 Å². The maximum absolute atomic E-state index is 11.0. The molecule has 0 aliphatic rings. The number of unbranched alkanes of at least 4 members (excludes halogenated alkanes) is 3. The molecule has 0 saturated heterocycles. The van der Waals surface area contributed by atoms with Crippen LogP contribution < -0.4 is 0 Å². The Labute approximate surface area is 130 Å². The van der Waals surface area contributed by atoms with Gasteiger partial charge in [-0.15, -0.1) is 0 Å². The maximum atomic E-state index is 11.0. The molecule has 0 bridgehead atoms. The standard InChI is InChI=1S/C19H21NO2/c21-12-6-2-1-5-11-20-18-8-4-3-7-16(18)17-13-15(14-22)9-10-19(17)20/h3-4,7-10,13-14,21H,1-2,5-6,11-12H2. The molecule has 3 nitrogen and oxygen atoms in total. The number of para-hydroxylation sites is 1. The van der Waals surface area contributed by atoms with Gasteiger partial charge in [0.15, 0.2) is 0 Å². The smallest absolute Gasteiger partial charge is 0.150 e. The van der Waals surface area contributed by atoms with E-state index in [-0.39, 0.29) is 6.61 Å². The zero-order chi connectivity index (χ0) is 15.4. The summed E-state index contributed by atoms with van der Waals surface area (Å²) in [4.78, 5) is 11.0. The molecule has 1 heterocycles. The minimum absolute atomic E-state index is 0.282. The summed E-state index contributed by atoms with van der Waals surface area (Å²) in [5, 5.41) is 11.2. The van der Waals surface area contributed by atoms with Crippen LogP contribution in [0.1, 0.15) is 36.0 Å². The van der Waals surface area contributed by atoms with E-state index in [1.807, 2.05) is 24.3 Å². The van der Waals surface area contributed by atoms with Gasteiger partial charge in [0.25, 0.3) is 0 Å². The first-order valence-corrected chi connectivity index (χ1v) is 7.92. The zero-order valence-corrected chi connectivity index (χ0v) is 12.7. The predicted molar refractivity (Wildman–Crippen MR) is 90.4 cm³/mol. The summed E-state index contributed by atoms with van der Waals surface area (Å²) in [7, 11) is 0. The molecule has 1 aromatic heterocycles. The van der Waals surface area contributed by atoms with Gasteiger partial charge >= 0.3 is 0 Å². The predicted octanol–water partition coefficient (Wildman–Crippen LogP) is 4.16. The molecule has 114 valence electrons. The van der Waals surface area contributed by atoms with Crippen molar-refractivity contribution in [3.8, 4) is 0 Å². The number of aliphatic hydroxyl groups is 1. The van der Waals surface area contributed by atoms with Crippen molar-refractivity contribution in [2.24, 2.45) is 0 Å². The third-order valence-electron chi connectivity index (χ3n) is 4.22. The SMILES string of the molecule is O=Cc1ccc2c(c1)c1ccccc1n2CCCCCCO. The molecule has 3 rings (SSSR count). The number of fused-ring (bicyclic) bond motifs is 3. The van der Waals surface area contributed by atoms with Gasteiger partial charge < -0.3 is 9.67 Å². The fourth-order valence-electron chi connectivity index (χ4n) is 3.12. The monoisotopic (exact) mass is 295 g/mol. The van der Waals surface area contributed by atoms with E-state index in [0.717, 1.165) is 49.5 Å². The summed E-state index contributed by atoms with van der Waals surface area (Å²) in [6, 6.07) is 14.3. The third-order valence-corrected chi connectivity index (χ3v) is 4.22. The number of aryl methyl sites for hydroxylation is 1. The normalized spacial score (nSPS) is 11.3. The maximum Gasteiger partial charge on any atom is 0.150 e. The highest BCUT2D eigenvalue weighted by Crippen LogP contribution is 2.29. The Balaban J connectivity index is 1.97. The second-order valence-electron chi connectivity index (χ2n) is 5.70. The number of nitrogens with zero attached hydrogens (tertiary/aromatic N) is 1. The highest BCUT2D eigenvalue weighted by atomic mass is 16.2. The van der Waals surface area contributed by atoms with E-state index in [1.165, 1.54) is 16.4 Å². The lowest BCUT2D eigenvalue weighted by Crippen LogP contribution is -1.98. The van der Waals surface area contributed by atoms with E-state index < -0.39 is 0 Å². The highest BCUT2D eigenvalue weighted by molar-refractivity contribution is 6.09. The molecule has 0 saturated carbocycles. The van der Waals surface area contributed by atoms with Crippen molar-refractivity contribution in [1.29, 1.82) is 0 Å². The van der Waals surface area contributed by atoms with Gasteiger partial charge in [-0.3, -0.25) is 4.79 Å². The molecule has 3 heteroatoms. The van der Waals surface area contributed by atoms with Gasteiger partial charge in [-0.2, -0.15) is 0 Å². The Morgan fingerprint density at radius 3 is 2.50 bits per heavy atom. The molecule has 2 aromatic carbocycles. The van der Waals surface area contributed by atoms with Crippen LogP contribution >= 0.6 is 0 Å². The van der Waals surface area contributed by atoms with E-state index in [4.69, 9.17) is 5.11 Å². The molecule has 0 radical (unpaired) electrons. The van der Waals surface area contributed by atoms with Crippen molar-refractivity contribution < 1.29 is 9.90 Å². The fraction of sp³-hybridized carbons (Fsp3) is 0.316. The lowest BCUT2D eigenvalue weighted by atomic mass is 10.1. The van der Waals surface area contributed by atoms with Gasteiger partial charge in [0, 0.05) is 40.5 Å². The molecular formula is C19H21NO2. The van der Waals surface area contributed by atoms with Crippen molar-refractivity contribution in [2.75, 3.05) is 6.61 Å². The number of hydrogen-bond donors (Lipinski definition) is 1. The van der Waals surface area contributed by atoms with Gasteiger partial charge in [-0.05, 0) is 37.1 Å². The second-order valence-corrected chi connectivity index (χ2v) is 5.70. The molecule has 0 aliphatic heterocycles. The quantitative estimate of drug-likeness (QED) is 0.525. The molecule has 0 aliphatic carbocycles. The van der Waals surface area contributed by atoms with Crippen LogP contribution in [0.15, 0.2) is 42.5 Å². The van der Waals surface area contributed by atoms with Crippen molar-refractivity contribution in [3.63, 3.8) is 0 Å². The minimum Gasteiger partial charge on any atom is -0.396 e. The van der Waals surface area contributed by atoms with Gasteiger partial charge in [0.05, 0.1) is 0 Å². The number of hydrogen-bond acceptors (Lipinski definition) is 2. The molecule has 1 N–H and O–H groups in total. The minimum atomic E-state index is 0.282. The van der Waals surface area contributed by atoms with Crippen LogP contribution in [0.4, 0.5) is 0 Å². The highest BCUT2D eigenvalue weighted by Gasteiger charge is 2.10. The first-order valence-electron chi connectivity index (χ1n) is 7.92. The summed E-state index contributed by atoms with van der Waals surface area (Å²) in [5.41, 5.74) is 3.13. The molecule has 3 aromatic rings. The molecular weight excluding hydrogens is 274 g/mol. The fourth-order valence-corrected chi connectivity index (χ4v) is 3.12. The zero-order valence-electron chi connectivity index (χ0n) is 12.7. The average Bonchev–Trinajstić information content (AvgIpc) is 2.88. The van der Waals surface area contributed by atoms with Crippen molar-refractivity contribution in [2.45, 2.75) is 32.2 Å². The van der Waals surface area contributed by atoms with Crippen LogP contribution in [0, 0.1) is 0 Å². The number of rotatable bonds is 7. The van der Waals surface area contributed by atoms with Gasteiger partial charge in [0.2, 0.25) is 0 Å². The van der Waals surface area contributed by atoms with Crippen molar-refractivity contribution in [3.05, 3.63) is 48.0 Å². The van der Waals surface area contributed by atoms with Crippen LogP contribution in [0.3, 0.4) is 0 Å². The summed E-state index contributed by atoms with van der Waals surface area (Å²) in [6.07, 6.45) is 5.09. The van der Waals surface area contributed by atoms with Crippen LogP contribution in [0.25, 0.3) is 21.8 Å². The Bertz CT molecular complexity index is 789. The number of aliphatic hydroxyl groups excluding tert-OH is 1. The van der Waals surface area contributed by atoms with Crippen molar-refractivity contribution in [1.82, 2.24) is 4.57 Å².